The molecule has 2 N–H and O–H groups in total. The lowest BCUT2D eigenvalue weighted by Gasteiger charge is -2.32. The first-order chi connectivity index (χ1) is 14.1. The number of benzene rings is 2. The van der Waals surface area contributed by atoms with Gasteiger partial charge in [0, 0.05) is 17.0 Å². The SMILES string of the molecule is CCc1ccccc1NC(=O)C[NH+]1CCN(C(=O)c2cccc(CSC)c2)CC1. The van der Waals surface area contributed by atoms with E-state index in [0.717, 1.165) is 42.1 Å². The minimum Gasteiger partial charge on any atom is -0.327 e. The molecule has 29 heavy (non-hydrogen) atoms. The summed E-state index contributed by atoms with van der Waals surface area (Å²) in [7, 11) is 0. The van der Waals surface area contributed by atoms with Gasteiger partial charge in [0.15, 0.2) is 6.54 Å². The lowest BCUT2D eigenvalue weighted by Crippen LogP contribution is -3.15. The van der Waals surface area contributed by atoms with Gasteiger partial charge in [-0.05, 0) is 42.0 Å². The second-order valence-electron chi connectivity index (χ2n) is 7.41. The van der Waals surface area contributed by atoms with Gasteiger partial charge >= 0.3 is 0 Å². The first kappa shape index (κ1) is 21.4. The van der Waals surface area contributed by atoms with Crippen molar-refractivity contribution in [2.45, 2.75) is 19.1 Å². The number of nitrogens with one attached hydrogen (secondary N) is 2. The summed E-state index contributed by atoms with van der Waals surface area (Å²) in [6.07, 6.45) is 2.95. The van der Waals surface area contributed by atoms with Gasteiger partial charge < -0.3 is 15.1 Å². The average Bonchev–Trinajstić information content (AvgIpc) is 2.74. The normalized spacial score (nSPS) is 14.6. The van der Waals surface area contributed by atoms with Crippen LogP contribution in [-0.4, -0.2) is 55.7 Å². The molecular weight excluding hydrogens is 382 g/mol. The molecule has 1 aliphatic heterocycles. The molecule has 2 amide bonds. The molecule has 0 atom stereocenters. The number of rotatable bonds is 7. The molecule has 0 aliphatic carbocycles. The average molecular weight is 413 g/mol. The van der Waals surface area contributed by atoms with Crippen molar-refractivity contribution in [1.29, 1.82) is 0 Å². The van der Waals surface area contributed by atoms with Crippen LogP contribution < -0.4 is 10.2 Å². The van der Waals surface area contributed by atoms with Crippen LogP contribution in [0.2, 0.25) is 0 Å². The fourth-order valence-corrected chi connectivity index (χ4v) is 4.23. The number of quaternary nitrogens is 1. The molecule has 1 aliphatic rings. The van der Waals surface area contributed by atoms with Gasteiger partial charge in [-0.3, -0.25) is 9.59 Å². The van der Waals surface area contributed by atoms with Gasteiger partial charge in [-0.2, -0.15) is 11.8 Å². The highest BCUT2D eigenvalue weighted by molar-refractivity contribution is 7.97. The van der Waals surface area contributed by atoms with E-state index in [9.17, 15) is 9.59 Å². The number of nitrogens with zero attached hydrogens (tertiary/aromatic N) is 1. The predicted molar refractivity (Wildman–Crippen MR) is 120 cm³/mol. The summed E-state index contributed by atoms with van der Waals surface area (Å²) in [5, 5.41) is 3.04. The molecule has 3 rings (SSSR count). The predicted octanol–water partition coefficient (Wildman–Crippen LogP) is 2.09. The van der Waals surface area contributed by atoms with Gasteiger partial charge in [0.2, 0.25) is 0 Å². The molecule has 2 aromatic rings. The summed E-state index contributed by atoms with van der Waals surface area (Å²) in [6, 6.07) is 15.8. The zero-order chi connectivity index (χ0) is 20.6. The summed E-state index contributed by atoms with van der Waals surface area (Å²) in [5.41, 5.74) is 3.99. The first-order valence-corrected chi connectivity index (χ1v) is 11.6. The summed E-state index contributed by atoms with van der Waals surface area (Å²) < 4.78 is 0. The molecule has 2 aromatic carbocycles. The largest absolute Gasteiger partial charge is 0.327 e. The third-order valence-electron chi connectivity index (χ3n) is 5.33. The monoisotopic (exact) mass is 412 g/mol. The Kier molecular flexibility index (Phi) is 7.72. The Bertz CT molecular complexity index is 848. The molecule has 0 aromatic heterocycles. The Morgan fingerprint density at radius 1 is 1.10 bits per heavy atom. The number of para-hydroxylation sites is 1. The Labute approximate surface area is 177 Å². The molecule has 0 spiro atoms. The minimum absolute atomic E-state index is 0.0328. The topological polar surface area (TPSA) is 53.9 Å². The minimum atomic E-state index is 0.0328. The van der Waals surface area contributed by atoms with Crippen LogP contribution in [0.15, 0.2) is 48.5 Å². The highest BCUT2D eigenvalue weighted by atomic mass is 32.2. The summed E-state index contributed by atoms with van der Waals surface area (Å²) in [5.74, 6) is 1.04. The van der Waals surface area contributed by atoms with Crippen LogP contribution in [0.25, 0.3) is 0 Å². The van der Waals surface area contributed by atoms with Crippen LogP contribution in [0.5, 0.6) is 0 Å². The third-order valence-corrected chi connectivity index (χ3v) is 5.95. The van der Waals surface area contributed by atoms with Crippen molar-refractivity contribution >= 4 is 29.3 Å². The van der Waals surface area contributed by atoms with E-state index >= 15 is 0 Å². The van der Waals surface area contributed by atoms with Crippen LogP contribution in [0, 0.1) is 0 Å². The van der Waals surface area contributed by atoms with E-state index in [4.69, 9.17) is 0 Å². The zero-order valence-corrected chi connectivity index (χ0v) is 18.1. The van der Waals surface area contributed by atoms with E-state index in [0.29, 0.717) is 19.6 Å². The molecule has 0 radical (unpaired) electrons. The number of hydrogen-bond acceptors (Lipinski definition) is 3. The van der Waals surface area contributed by atoms with Crippen molar-refractivity contribution in [1.82, 2.24) is 4.90 Å². The standard InChI is InChI=1S/C23H29N3O2S/c1-3-19-8-4-5-10-21(19)24-22(27)16-25-11-13-26(14-12-25)23(28)20-9-6-7-18(15-20)17-29-2/h4-10,15H,3,11-14,16-17H2,1-2H3,(H,24,27)/p+1. The number of hydrogen-bond donors (Lipinski definition) is 2. The number of amides is 2. The summed E-state index contributed by atoms with van der Waals surface area (Å²) in [6.45, 7) is 5.46. The van der Waals surface area contributed by atoms with Gasteiger partial charge in [-0.1, -0.05) is 37.3 Å². The van der Waals surface area contributed by atoms with E-state index in [1.54, 1.807) is 11.8 Å². The van der Waals surface area contributed by atoms with E-state index in [-0.39, 0.29) is 11.8 Å². The summed E-state index contributed by atoms with van der Waals surface area (Å²) >= 11 is 1.75. The highest BCUT2D eigenvalue weighted by Crippen LogP contribution is 2.15. The number of carbonyl (C=O) groups is 2. The molecule has 0 unspecified atom stereocenters. The number of piperazine rings is 1. The number of thioether (sulfide) groups is 1. The Morgan fingerprint density at radius 3 is 2.59 bits per heavy atom. The second kappa shape index (κ2) is 10.5. The fourth-order valence-electron chi connectivity index (χ4n) is 3.72. The summed E-state index contributed by atoms with van der Waals surface area (Å²) in [4.78, 5) is 28.4. The maximum atomic E-state index is 12.8. The molecule has 0 saturated carbocycles. The van der Waals surface area contributed by atoms with E-state index in [1.807, 2.05) is 47.4 Å². The lowest BCUT2D eigenvalue weighted by atomic mass is 10.1. The number of carbonyl (C=O) groups excluding carboxylic acids is 2. The van der Waals surface area contributed by atoms with Gasteiger partial charge in [0.05, 0.1) is 26.2 Å². The smallest absolute Gasteiger partial charge is 0.279 e. The zero-order valence-electron chi connectivity index (χ0n) is 17.2. The Hall–Kier alpha value is -2.31. The van der Waals surface area contributed by atoms with Gasteiger partial charge in [0.25, 0.3) is 11.8 Å². The molecule has 1 heterocycles. The molecule has 1 fully saturated rings. The molecule has 1 saturated heterocycles. The maximum Gasteiger partial charge on any atom is 0.279 e. The van der Waals surface area contributed by atoms with Crippen LogP contribution in [0.1, 0.15) is 28.4 Å². The Morgan fingerprint density at radius 2 is 1.86 bits per heavy atom. The Balaban J connectivity index is 1.50. The second-order valence-corrected chi connectivity index (χ2v) is 8.28. The maximum absolute atomic E-state index is 12.8. The van der Waals surface area contributed by atoms with Crippen molar-refractivity contribution in [3.05, 3.63) is 65.2 Å². The van der Waals surface area contributed by atoms with E-state index in [1.165, 1.54) is 10.5 Å². The highest BCUT2D eigenvalue weighted by Gasteiger charge is 2.26. The quantitative estimate of drug-likeness (QED) is 0.732. The molecule has 0 bridgehead atoms. The van der Waals surface area contributed by atoms with Gasteiger partial charge in [0.1, 0.15) is 0 Å². The third kappa shape index (κ3) is 5.84. The van der Waals surface area contributed by atoms with E-state index in [2.05, 4.69) is 24.6 Å². The molecule has 154 valence electrons. The van der Waals surface area contributed by atoms with Crippen molar-refractivity contribution < 1.29 is 14.5 Å². The molecule has 6 heteroatoms. The van der Waals surface area contributed by atoms with Crippen molar-refractivity contribution in [2.24, 2.45) is 0 Å². The lowest BCUT2D eigenvalue weighted by molar-refractivity contribution is -0.895. The van der Waals surface area contributed by atoms with Crippen molar-refractivity contribution in [3.8, 4) is 0 Å². The van der Waals surface area contributed by atoms with Crippen LogP contribution in [0.4, 0.5) is 5.69 Å². The van der Waals surface area contributed by atoms with Crippen LogP contribution in [0.3, 0.4) is 0 Å². The fraction of sp³-hybridized carbons (Fsp3) is 0.391. The van der Waals surface area contributed by atoms with E-state index < -0.39 is 0 Å². The number of aryl methyl sites for hydroxylation is 1. The van der Waals surface area contributed by atoms with Crippen molar-refractivity contribution in [2.75, 3.05) is 44.3 Å². The van der Waals surface area contributed by atoms with Crippen molar-refractivity contribution in [3.63, 3.8) is 0 Å². The number of anilines is 1. The van der Waals surface area contributed by atoms with Gasteiger partial charge in [-0.25, -0.2) is 0 Å². The first-order valence-electron chi connectivity index (χ1n) is 10.2. The van der Waals surface area contributed by atoms with Crippen LogP contribution >= 0.6 is 11.8 Å². The van der Waals surface area contributed by atoms with Gasteiger partial charge in [-0.15, -0.1) is 0 Å². The molecular formula is C23H30N3O2S+. The molecule has 5 nitrogen and oxygen atoms in total. The van der Waals surface area contributed by atoms with Crippen LogP contribution in [-0.2, 0) is 17.0 Å².